The van der Waals surface area contributed by atoms with Gasteiger partial charge in [-0.05, 0) is 25.0 Å². The summed E-state index contributed by atoms with van der Waals surface area (Å²) in [5.41, 5.74) is 2.37. The molecule has 1 atom stereocenters. The Hall–Kier alpha value is -3.20. The fourth-order valence-corrected chi connectivity index (χ4v) is 4.11. The van der Waals surface area contributed by atoms with Crippen LogP contribution in [0.5, 0.6) is 5.75 Å². The van der Waals surface area contributed by atoms with Crippen molar-refractivity contribution in [3.8, 4) is 5.75 Å². The van der Waals surface area contributed by atoms with Gasteiger partial charge in [-0.1, -0.05) is 16.8 Å². The van der Waals surface area contributed by atoms with Crippen molar-refractivity contribution in [1.82, 2.24) is 25.3 Å². The molecule has 9 nitrogen and oxygen atoms in total. The van der Waals surface area contributed by atoms with Crippen molar-refractivity contribution in [2.24, 2.45) is 0 Å². The molecule has 0 spiro atoms. The van der Waals surface area contributed by atoms with Crippen molar-refractivity contribution in [2.45, 2.75) is 39.0 Å². The summed E-state index contributed by atoms with van der Waals surface area (Å²) < 4.78 is 10.5. The Morgan fingerprint density at radius 3 is 3.00 bits per heavy atom. The Morgan fingerprint density at radius 2 is 2.25 bits per heavy atom. The highest BCUT2D eigenvalue weighted by atomic mass is 35.5. The van der Waals surface area contributed by atoms with Gasteiger partial charge in [0.2, 0.25) is 5.91 Å². The van der Waals surface area contributed by atoms with Gasteiger partial charge in [0.1, 0.15) is 24.3 Å². The summed E-state index contributed by atoms with van der Waals surface area (Å²) in [6.07, 6.45) is 3.27. The second-order valence-corrected chi connectivity index (χ2v) is 8.38. The smallest absolute Gasteiger partial charge is 0.317 e. The van der Waals surface area contributed by atoms with Crippen LogP contribution in [0.2, 0.25) is 5.02 Å². The zero-order valence-corrected chi connectivity index (χ0v) is 18.8. The van der Waals surface area contributed by atoms with Crippen LogP contribution >= 0.6 is 11.6 Å². The third kappa shape index (κ3) is 4.99. The van der Waals surface area contributed by atoms with Gasteiger partial charge in [0.15, 0.2) is 0 Å². The number of hydrogen-bond donors (Lipinski definition) is 2. The van der Waals surface area contributed by atoms with E-state index in [2.05, 4.69) is 15.5 Å². The number of piperidine rings is 1. The number of amides is 3. The number of hydrogen-bond acceptors (Lipinski definition) is 5. The summed E-state index contributed by atoms with van der Waals surface area (Å²) in [4.78, 5) is 31.1. The second kappa shape index (κ2) is 9.52. The van der Waals surface area contributed by atoms with E-state index in [0.717, 1.165) is 36.0 Å². The minimum Gasteiger partial charge on any atom is -0.486 e. The highest BCUT2D eigenvalue weighted by molar-refractivity contribution is 6.32. The van der Waals surface area contributed by atoms with Gasteiger partial charge in [-0.2, -0.15) is 0 Å². The quantitative estimate of drug-likeness (QED) is 0.586. The minimum absolute atomic E-state index is 0.0126. The lowest BCUT2D eigenvalue weighted by Crippen LogP contribution is -2.52. The third-order valence-electron chi connectivity index (χ3n) is 5.74. The number of rotatable bonds is 6. The number of nitrogens with one attached hydrogen (secondary N) is 2. The van der Waals surface area contributed by atoms with Gasteiger partial charge in [0, 0.05) is 55.8 Å². The molecular formula is C22H26ClN5O4. The molecule has 10 heteroatoms. The molecule has 2 N–H and O–H groups in total. The predicted octanol–water partition coefficient (Wildman–Crippen LogP) is 3.54. The molecule has 0 bridgehead atoms. The number of aromatic nitrogens is 2. The SMILES string of the molecule is CC(=O)N1CCC[C@@H](N(C)C(=O)NCc2cc3cc(Cl)c(OCc4ccon4)cc3[nH]2)C1. The summed E-state index contributed by atoms with van der Waals surface area (Å²) >= 11 is 6.35. The van der Waals surface area contributed by atoms with E-state index in [0.29, 0.717) is 29.6 Å². The number of fused-ring (bicyclic) bond motifs is 1. The molecule has 1 aliphatic heterocycles. The number of aromatic amines is 1. The van der Waals surface area contributed by atoms with Crippen molar-refractivity contribution in [3.05, 3.63) is 46.9 Å². The van der Waals surface area contributed by atoms with E-state index in [9.17, 15) is 9.59 Å². The normalized spacial score (nSPS) is 16.2. The van der Waals surface area contributed by atoms with Crippen molar-refractivity contribution in [2.75, 3.05) is 20.1 Å². The van der Waals surface area contributed by atoms with Gasteiger partial charge in [-0.15, -0.1) is 0 Å². The number of urea groups is 1. The number of carbonyl (C=O) groups is 2. The second-order valence-electron chi connectivity index (χ2n) is 7.97. The van der Waals surface area contributed by atoms with Crippen LogP contribution in [0.25, 0.3) is 10.9 Å². The number of likely N-dealkylation sites (tertiary alicyclic amines) is 1. The number of H-pyrrole nitrogens is 1. The number of likely N-dealkylation sites (N-methyl/N-ethyl adjacent to an activating group) is 1. The van der Waals surface area contributed by atoms with E-state index in [-0.39, 0.29) is 24.6 Å². The van der Waals surface area contributed by atoms with Crippen LogP contribution in [0.15, 0.2) is 35.1 Å². The first-order valence-electron chi connectivity index (χ1n) is 10.5. The lowest BCUT2D eigenvalue weighted by atomic mass is 10.0. The lowest BCUT2D eigenvalue weighted by Gasteiger charge is -2.37. The molecule has 0 unspecified atom stereocenters. The number of ether oxygens (including phenoxy) is 1. The topological polar surface area (TPSA) is 104 Å². The molecule has 3 aromatic rings. The van der Waals surface area contributed by atoms with Crippen molar-refractivity contribution in [1.29, 1.82) is 0 Å². The number of halogens is 1. The van der Waals surface area contributed by atoms with Crippen LogP contribution in [-0.2, 0) is 17.9 Å². The van der Waals surface area contributed by atoms with Crippen molar-refractivity contribution >= 4 is 34.4 Å². The first-order chi connectivity index (χ1) is 15.4. The molecule has 0 radical (unpaired) electrons. The largest absolute Gasteiger partial charge is 0.486 e. The van der Waals surface area contributed by atoms with Crippen molar-refractivity contribution in [3.63, 3.8) is 0 Å². The standard InChI is InChI=1S/C22H26ClN5O4/c1-14(29)28-6-3-4-18(12-28)27(2)22(30)24-11-17-8-15-9-19(23)21(10-20(15)25-17)31-13-16-5-7-32-26-16/h5,7-10,18,25H,3-4,6,11-13H2,1-2H3,(H,24,30)/t18-/m1/s1. The lowest BCUT2D eigenvalue weighted by molar-refractivity contribution is -0.130. The molecule has 2 aromatic heterocycles. The average Bonchev–Trinajstić information content (AvgIpc) is 3.44. The Kier molecular flexibility index (Phi) is 6.55. The van der Waals surface area contributed by atoms with E-state index in [1.54, 1.807) is 29.8 Å². The molecule has 1 aliphatic rings. The highest BCUT2D eigenvalue weighted by Gasteiger charge is 2.27. The fourth-order valence-electron chi connectivity index (χ4n) is 3.88. The van der Waals surface area contributed by atoms with Crippen LogP contribution in [0, 0.1) is 0 Å². The van der Waals surface area contributed by atoms with Gasteiger partial charge in [-0.25, -0.2) is 4.79 Å². The fraction of sp³-hybridized carbons (Fsp3) is 0.409. The molecular weight excluding hydrogens is 434 g/mol. The Bertz CT molecular complexity index is 1100. The summed E-state index contributed by atoms with van der Waals surface area (Å²) in [6.45, 7) is 3.48. The maximum atomic E-state index is 12.7. The maximum absolute atomic E-state index is 12.7. The molecule has 1 saturated heterocycles. The van der Waals surface area contributed by atoms with Gasteiger partial charge in [0.25, 0.3) is 0 Å². The molecule has 0 aliphatic carbocycles. The molecule has 3 amide bonds. The first kappa shape index (κ1) is 22.0. The Balaban J connectivity index is 1.36. The Morgan fingerprint density at radius 1 is 1.41 bits per heavy atom. The number of benzene rings is 1. The highest BCUT2D eigenvalue weighted by Crippen LogP contribution is 2.31. The minimum atomic E-state index is -0.172. The van der Waals surface area contributed by atoms with Crippen molar-refractivity contribution < 1.29 is 18.8 Å². The van der Waals surface area contributed by atoms with E-state index in [4.69, 9.17) is 20.9 Å². The van der Waals surface area contributed by atoms with Gasteiger partial charge in [-0.3, -0.25) is 4.79 Å². The van der Waals surface area contributed by atoms with E-state index < -0.39 is 0 Å². The van der Waals surface area contributed by atoms with Gasteiger partial charge < -0.3 is 29.4 Å². The predicted molar refractivity (Wildman–Crippen MR) is 119 cm³/mol. The van der Waals surface area contributed by atoms with Crippen LogP contribution in [0.4, 0.5) is 4.79 Å². The maximum Gasteiger partial charge on any atom is 0.317 e. The number of carbonyl (C=O) groups excluding carboxylic acids is 2. The van der Waals surface area contributed by atoms with E-state index >= 15 is 0 Å². The zero-order chi connectivity index (χ0) is 22.7. The molecule has 1 aromatic carbocycles. The summed E-state index contributed by atoms with van der Waals surface area (Å²) in [5, 5.41) is 8.17. The van der Waals surface area contributed by atoms with E-state index in [1.807, 2.05) is 18.2 Å². The Labute approximate surface area is 190 Å². The monoisotopic (exact) mass is 459 g/mol. The van der Waals surface area contributed by atoms with Crippen LogP contribution in [-0.4, -0.2) is 58.1 Å². The van der Waals surface area contributed by atoms with E-state index in [1.165, 1.54) is 6.26 Å². The van der Waals surface area contributed by atoms with Crippen LogP contribution < -0.4 is 10.1 Å². The molecule has 3 heterocycles. The molecule has 170 valence electrons. The molecule has 1 fully saturated rings. The van der Waals surface area contributed by atoms with Crippen LogP contribution in [0.3, 0.4) is 0 Å². The van der Waals surface area contributed by atoms with Gasteiger partial charge in [0.05, 0.1) is 17.6 Å². The molecule has 0 saturated carbocycles. The third-order valence-corrected chi connectivity index (χ3v) is 6.03. The summed E-state index contributed by atoms with van der Waals surface area (Å²) in [6, 6.07) is 7.16. The molecule has 4 rings (SSSR count). The van der Waals surface area contributed by atoms with Gasteiger partial charge >= 0.3 is 6.03 Å². The first-order valence-corrected chi connectivity index (χ1v) is 10.9. The average molecular weight is 460 g/mol. The number of nitrogens with zero attached hydrogens (tertiary/aromatic N) is 3. The summed E-state index contributed by atoms with van der Waals surface area (Å²) in [5.74, 6) is 0.580. The summed E-state index contributed by atoms with van der Waals surface area (Å²) in [7, 11) is 1.77. The zero-order valence-electron chi connectivity index (χ0n) is 18.1. The van der Waals surface area contributed by atoms with Crippen LogP contribution in [0.1, 0.15) is 31.2 Å². The molecule has 32 heavy (non-hydrogen) atoms.